The minimum absolute atomic E-state index is 0.0429. The second-order valence-corrected chi connectivity index (χ2v) is 9.54. The maximum atomic E-state index is 13.2. The number of aromatic amines is 1. The van der Waals surface area contributed by atoms with E-state index in [2.05, 4.69) is 10.3 Å². The summed E-state index contributed by atoms with van der Waals surface area (Å²) in [6, 6.07) is 8.14. The van der Waals surface area contributed by atoms with Crippen LogP contribution in [0.1, 0.15) is 64.4 Å². The van der Waals surface area contributed by atoms with Crippen molar-refractivity contribution in [3.8, 4) is 0 Å². The van der Waals surface area contributed by atoms with Crippen LogP contribution in [0.3, 0.4) is 0 Å². The summed E-state index contributed by atoms with van der Waals surface area (Å²) in [4.78, 5) is 45.1. The van der Waals surface area contributed by atoms with Crippen molar-refractivity contribution in [1.29, 1.82) is 0 Å². The Morgan fingerprint density at radius 1 is 1.14 bits per heavy atom. The molecular weight excluding hydrogens is 444 g/mol. The van der Waals surface area contributed by atoms with Crippen LogP contribution in [0.2, 0.25) is 0 Å². The molecule has 1 aromatic heterocycles. The van der Waals surface area contributed by atoms with Gasteiger partial charge >= 0.3 is 5.97 Å². The van der Waals surface area contributed by atoms with Crippen molar-refractivity contribution in [3.63, 3.8) is 0 Å². The number of amides is 2. The van der Waals surface area contributed by atoms with E-state index in [0.29, 0.717) is 42.1 Å². The summed E-state index contributed by atoms with van der Waals surface area (Å²) < 4.78 is 5.13. The predicted molar refractivity (Wildman–Crippen MR) is 137 cm³/mol. The summed E-state index contributed by atoms with van der Waals surface area (Å²) in [6.45, 7) is 9.23. The van der Waals surface area contributed by atoms with Gasteiger partial charge in [-0.05, 0) is 62.8 Å². The largest absolute Gasteiger partial charge is 0.462 e. The lowest BCUT2D eigenvalue weighted by atomic mass is 9.84. The van der Waals surface area contributed by atoms with Crippen LogP contribution in [0.25, 0.3) is 0 Å². The van der Waals surface area contributed by atoms with Crippen molar-refractivity contribution in [2.45, 2.75) is 47.1 Å². The maximum Gasteiger partial charge on any atom is 0.340 e. The van der Waals surface area contributed by atoms with Crippen LogP contribution < -0.4 is 10.2 Å². The normalized spacial score (nSPS) is 15.0. The molecule has 2 aromatic rings. The number of esters is 1. The second-order valence-electron chi connectivity index (χ2n) is 9.54. The Morgan fingerprint density at radius 3 is 2.34 bits per heavy atom. The quantitative estimate of drug-likeness (QED) is 0.560. The van der Waals surface area contributed by atoms with Gasteiger partial charge in [-0.3, -0.25) is 9.59 Å². The van der Waals surface area contributed by atoms with E-state index in [0.717, 1.165) is 24.1 Å². The first-order valence-electron chi connectivity index (χ1n) is 12.3. The number of likely N-dealkylation sites (tertiary alicyclic amines) is 1. The highest BCUT2D eigenvalue weighted by Crippen LogP contribution is 2.27. The number of hydrogen-bond acceptors (Lipinski definition) is 5. The molecule has 1 atom stereocenters. The van der Waals surface area contributed by atoms with Crippen LogP contribution >= 0.6 is 0 Å². The van der Waals surface area contributed by atoms with Crippen LogP contribution in [-0.2, 0) is 16.1 Å². The molecular formula is C27H38N4O4. The van der Waals surface area contributed by atoms with Gasteiger partial charge in [-0.2, -0.15) is 0 Å². The van der Waals surface area contributed by atoms with Gasteiger partial charge in [0, 0.05) is 51.0 Å². The molecule has 3 rings (SSSR count). The molecule has 0 spiro atoms. The molecule has 2 amide bonds. The van der Waals surface area contributed by atoms with Gasteiger partial charge < -0.3 is 24.8 Å². The van der Waals surface area contributed by atoms with Gasteiger partial charge in [-0.15, -0.1) is 0 Å². The highest BCUT2D eigenvalue weighted by Gasteiger charge is 2.32. The summed E-state index contributed by atoms with van der Waals surface area (Å²) in [5.41, 5.74) is 4.33. The van der Waals surface area contributed by atoms with Crippen molar-refractivity contribution in [1.82, 2.24) is 15.2 Å². The van der Waals surface area contributed by atoms with Crippen molar-refractivity contribution in [2.75, 3.05) is 38.7 Å². The first-order chi connectivity index (χ1) is 16.6. The third-order valence-corrected chi connectivity index (χ3v) is 7.00. The molecule has 8 nitrogen and oxygen atoms in total. The SMILES string of the molecule is CCOC(=O)c1c(C)[nH]c(C(=O)N2CCC(C(C)C(=O)NCc3ccc(N(C)C)cc3)CC2)c1C. The van der Waals surface area contributed by atoms with Gasteiger partial charge in [0.15, 0.2) is 0 Å². The van der Waals surface area contributed by atoms with Crippen LogP contribution in [0, 0.1) is 25.7 Å². The average molecular weight is 483 g/mol. The first-order valence-corrected chi connectivity index (χ1v) is 12.3. The zero-order chi connectivity index (χ0) is 25.7. The molecule has 1 fully saturated rings. The fraction of sp³-hybridized carbons (Fsp3) is 0.519. The summed E-state index contributed by atoms with van der Waals surface area (Å²) in [6.07, 6.45) is 1.53. The zero-order valence-corrected chi connectivity index (χ0v) is 21.7. The molecule has 8 heteroatoms. The maximum absolute atomic E-state index is 13.2. The predicted octanol–water partition coefficient (Wildman–Crippen LogP) is 3.68. The van der Waals surface area contributed by atoms with E-state index in [9.17, 15) is 14.4 Å². The molecule has 1 aromatic carbocycles. The van der Waals surface area contributed by atoms with Crippen molar-refractivity contribution >= 4 is 23.5 Å². The molecule has 0 radical (unpaired) electrons. The first kappa shape index (κ1) is 26.3. The third-order valence-electron chi connectivity index (χ3n) is 7.00. The molecule has 1 unspecified atom stereocenters. The lowest BCUT2D eigenvalue weighted by Crippen LogP contribution is -2.42. The second kappa shape index (κ2) is 11.4. The lowest BCUT2D eigenvalue weighted by molar-refractivity contribution is -0.126. The highest BCUT2D eigenvalue weighted by atomic mass is 16.5. The number of nitrogens with one attached hydrogen (secondary N) is 2. The average Bonchev–Trinajstić information content (AvgIpc) is 3.15. The molecule has 0 bridgehead atoms. The molecule has 1 aliphatic rings. The number of ether oxygens (including phenoxy) is 1. The number of nitrogens with zero attached hydrogens (tertiary/aromatic N) is 2. The van der Waals surface area contributed by atoms with E-state index < -0.39 is 5.97 Å². The fourth-order valence-corrected chi connectivity index (χ4v) is 4.71. The number of aromatic nitrogens is 1. The van der Waals surface area contributed by atoms with E-state index >= 15 is 0 Å². The van der Waals surface area contributed by atoms with E-state index in [-0.39, 0.29) is 30.3 Å². The van der Waals surface area contributed by atoms with Crippen LogP contribution in [0.15, 0.2) is 24.3 Å². The molecule has 2 N–H and O–H groups in total. The number of anilines is 1. The van der Waals surface area contributed by atoms with Crippen LogP contribution in [0.4, 0.5) is 5.69 Å². The minimum atomic E-state index is -0.412. The van der Waals surface area contributed by atoms with Gasteiger partial charge in [-0.25, -0.2) is 4.79 Å². The smallest absolute Gasteiger partial charge is 0.340 e. The number of carbonyl (C=O) groups is 3. The highest BCUT2D eigenvalue weighted by molar-refractivity contribution is 6.00. The van der Waals surface area contributed by atoms with Gasteiger partial charge in [0.05, 0.1) is 12.2 Å². The van der Waals surface area contributed by atoms with E-state index in [1.165, 1.54) is 0 Å². The Kier molecular flexibility index (Phi) is 8.59. The summed E-state index contributed by atoms with van der Waals surface area (Å²) in [5.74, 6) is -0.390. The molecule has 35 heavy (non-hydrogen) atoms. The monoisotopic (exact) mass is 482 g/mol. The van der Waals surface area contributed by atoms with Gasteiger partial charge in [0.25, 0.3) is 5.91 Å². The molecule has 1 saturated heterocycles. The van der Waals surface area contributed by atoms with Crippen LogP contribution in [0.5, 0.6) is 0 Å². The van der Waals surface area contributed by atoms with E-state index in [1.807, 2.05) is 50.2 Å². The Labute approximate surface area is 208 Å². The number of rotatable bonds is 8. The number of H-pyrrole nitrogens is 1. The molecule has 0 aliphatic carbocycles. The number of piperidine rings is 1. The standard InChI is InChI=1S/C27H38N4O4/c1-7-35-27(34)23-18(3)24(29-19(23)4)26(33)31-14-12-21(13-15-31)17(2)25(32)28-16-20-8-10-22(11-9-20)30(5)6/h8-11,17,21,29H,7,12-16H2,1-6H3,(H,28,32). The molecule has 2 heterocycles. The third kappa shape index (κ3) is 6.05. The topological polar surface area (TPSA) is 94.7 Å². The summed E-state index contributed by atoms with van der Waals surface area (Å²) >= 11 is 0. The van der Waals surface area contributed by atoms with Crippen LogP contribution in [-0.4, -0.2) is 61.5 Å². The van der Waals surface area contributed by atoms with Crippen molar-refractivity contribution in [3.05, 3.63) is 52.3 Å². The summed E-state index contributed by atoms with van der Waals surface area (Å²) in [5, 5.41) is 3.06. The fourth-order valence-electron chi connectivity index (χ4n) is 4.71. The Bertz CT molecular complexity index is 1050. The van der Waals surface area contributed by atoms with Gasteiger partial charge in [0.1, 0.15) is 5.69 Å². The van der Waals surface area contributed by atoms with Crippen molar-refractivity contribution < 1.29 is 19.1 Å². The Balaban J connectivity index is 1.53. The lowest BCUT2D eigenvalue weighted by Gasteiger charge is -2.34. The molecule has 190 valence electrons. The van der Waals surface area contributed by atoms with E-state index in [1.54, 1.807) is 25.7 Å². The molecule has 1 aliphatic heterocycles. The minimum Gasteiger partial charge on any atom is -0.462 e. The number of hydrogen-bond donors (Lipinski definition) is 2. The number of aryl methyl sites for hydroxylation is 1. The number of carbonyl (C=O) groups excluding carboxylic acids is 3. The number of benzene rings is 1. The van der Waals surface area contributed by atoms with Gasteiger partial charge in [0.2, 0.25) is 5.91 Å². The molecule has 0 saturated carbocycles. The Morgan fingerprint density at radius 2 is 1.77 bits per heavy atom. The van der Waals surface area contributed by atoms with Crippen molar-refractivity contribution in [2.24, 2.45) is 11.8 Å². The summed E-state index contributed by atoms with van der Waals surface area (Å²) in [7, 11) is 4.00. The Hall–Kier alpha value is -3.29. The van der Waals surface area contributed by atoms with Gasteiger partial charge in [-0.1, -0.05) is 19.1 Å². The van der Waals surface area contributed by atoms with E-state index in [4.69, 9.17) is 4.74 Å². The zero-order valence-electron chi connectivity index (χ0n) is 21.7.